The molecular weight excluding hydrogens is 192 g/mol. The first-order valence-electron chi connectivity index (χ1n) is 4.85. The van der Waals surface area contributed by atoms with E-state index in [0.29, 0.717) is 5.82 Å². The highest BCUT2D eigenvalue weighted by Gasteiger charge is 2.15. The van der Waals surface area contributed by atoms with Crippen LogP contribution in [0.4, 0.5) is 5.82 Å². The first-order valence-corrected chi connectivity index (χ1v) is 4.85. The van der Waals surface area contributed by atoms with Crippen molar-refractivity contribution in [1.82, 2.24) is 14.1 Å². The van der Waals surface area contributed by atoms with Crippen molar-refractivity contribution in [3.63, 3.8) is 0 Å². The van der Waals surface area contributed by atoms with Crippen LogP contribution < -0.4 is 11.4 Å². The zero-order chi connectivity index (χ0) is 11.2. The van der Waals surface area contributed by atoms with Gasteiger partial charge in [-0.2, -0.15) is 0 Å². The third-order valence-electron chi connectivity index (χ3n) is 2.54. The minimum atomic E-state index is -0.0558. The number of rotatable bonds is 1. The molecule has 0 aliphatic rings. The molecule has 2 rings (SSSR count). The Hall–Kier alpha value is -1.78. The first kappa shape index (κ1) is 9.76. The maximum atomic E-state index is 11.9. The van der Waals surface area contributed by atoms with Crippen LogP contribution in [-0.2, 0) is 7.05 Å². The Labute approximate surface area is 87.1 Å². The van der Waals surface area contributed by atoms with Crippen LogP contribution in [0.25, 0.3) is 11.0 Å². The van der Waals surface area contributed by atoms with Gasteiger partial charge in [0.2, 0.25) is 0 Å². The Morgan fingerprint density at radius 3 is 2.73 bits per heavy atom. The van der Waals surface area contributed by atoms with Gasteiger partial charge in [0.25, 0.3) is 0 Å². The summed E-state index contributed by atoms with van der Waals surface area (Å²) in [6.07, 6.45) is 1.61. The second-order valence-electron chi connectivity index (χ2n) is 3.87. The minimum Gasteiger partial charge on any atom is -0.382 e. The number of aryl methyl sites for hydroxylation is 1. The molecule has 0 atom stereocenters. The van der Waals surface area contributed by atoms with Crippen molar-refractivity contribution in [2.75, 3.05) is 5.73 Å². The lowest BCUT2D eigenvalue weighted by Crippen LogP contribution is -2.23. The number of hydrogen-bond acceptors (Lipinski definition) is 3. The van der Waals surface area contributed by atoms with Gasteiger partial charge >= 0.3 is 5.69 Å². The largest absolute Gasteiger partial charge is 0.382 e. The summed E-state index contributed by atoms with van der Waals surface area (Å²) in [7, 11) is 1.74. The molecule has 5 heteroatoms. The molecule has 2 N–H and O–H groups in total. The molecule has 0 aromatic carbocycles. The third kappa shape index (κ3) is 1.23. The molecule has 0 saturated carbocycles. The molecule has 0 aliphatic heterocycles. The Bertz CT molecular complexity index is 565. The van der Waals surface area contributed by atoms with Crippen molar-refractivity contribution in [2.45, 2.75) is 19.9 Å². The van der Waals surface area contributed by atoms with Crippen molar-refractivity contribution in [3.05, 3.63) is 22.7 Å². The van der Waals surface area contributed by atoms with E-state index in [0.717, 1.165) is 11.0 Å². The SMILES string of the molecule is CC(C)n1c(=O)n(C)c2ccnc(N)c21. The number of fused-ring (bicyclic) bond motifs is 1. The summed E-state index contributed by atoms with van der Waals surface area (Å²) in [6.45, 7) is 3.90. The minimum absolute atomic E-state index is 0.0558. The standard InChI is InChI=1S/C10H14N4O/c1-6(2)14-8-7(13(3)10(14)15)4-5-12-9(8)11/h4-6H,1-3H3,(H2,11,12). The van der Waals surface area contributed by atoms with Crippen molar-refractivity contribution >= 4 is 16.9 Å². The van der Waals surface area contributed by atoms with Gasteiger partial charge in [-0.05, 0) is 19.9 Å². The van der Waals surface area contributed by atoms with E-state index >= 15 is 0 Å². The van der Waals surface area contributed by atoms with Crippen LogP contribution in [0.15, 0.2) is 17.1 Å². The molecular formula is C10H14N4O. The molecule has 80 valence electrons. The Morgan fingerprint density at radius 1 is 1.47 bits per heavy atom. The fourth-order valence-corrected chi connectivity index (χ4v) is 1.82. The summed E-state index contributed by atoms with van der Waals surface area (Å²) >= 11 is 0. The molecule has 2 aromatic rings. The van der Waals surface area contributed by atoms with Crippen LogP contribution >= 0.6 is 0 Å². The molecule has 5 nitrogen and oxygen atoms in total. The van der Waals surface area contributed by atoms with Gasteiger partial charge in [0.05, 0.1) is 5.52 Å². The molecule has 0 amide bonds. The lowest BCUT2D eigenvalue weighted by Gasteiger charge is -2.07. The number of anilines is 1. The van der Waals surface area contributed by atoms with Gasteiger partial charge in [0.1, 0.15) is 11.3 Å². The fourth-order valence-electron chi connectivity index (χ4n) is 1.82. The topological polar surface area (TPSA) is 65.8 Å². The second-order valence-corrected chi connectivity index (χ2v) is 3.87. The maximum Gasteiger partial charge on any atom is 0.329 e. The van der Waals surface area contributed by atoms with E-state index in [1.54, 1.807) is 28.4 Å². The van der Waals surface area contributed by atoms with Gasteiger partial charge in [-0.15, -0.1) is 0 Å². The van der Waals surface area contributed by atoms with Crippen molar-refractivity contribution in [1.29, 1.82) is 0 Å². The van der Waals surface area contributed by atoms with Crippen molar-refractivity contribution in [2.24, 2.45) is 7.05 Å². The lowest BCUT2D eigenvalue weighted by molar-refractivity contribution is 0.583. The molecule has 15 heavy (non-hydrogen) atoms. The van der Waals surface area contributed by atoms with Gasteiger partial charge in [0.15, 0.2) is 0 Å². The van der Waals surface area contributed by atoms with Crippen LogP contribution in [0.3, 0.4) is 0 Å². The van der Waals surface area contributed by atoms with Crippen LogP contribution in [0, 0.1) is 0 Å². The van der Waals surface area contributed by atoms with Gasteiger partial charge in [0, 0.05) is 19.3 Å². The molecule has 0 fully saturated rings. The number of nitrogens with two attached hydrogens (primary N) is 1. The number of pyridine rings is 1. The molecule has 0 spiro atoms. The fraction of sp³-hybridized carbons (Fsp3) is 0.400. The number of imidazole rings is 1. The van der Waals surface area contributed by atoms with Gasteiger partial charge in [-0.1, -0.05) is 0 Å². The quantitative estimate of drug-likeness (QED) is 0.753. The Kier molecular flexibility index (Phi) is 2.03. The molecule has 0 unspecified atom stereocenters. The van der Waals surface area contributed by atoms with Gasteiger partial charge in [-0.25, -0.2) is 9.78 Å². The smallest absolute Gasteiger partial charge is 0.329 e. The molecule has 0 aliphatic carbocycles. The lowest BCUT2D eigenvalue weighted by atomic mass is 10.3. The third-order valence-corrected chi connectivity index (χ3v) is 2.54. The average molecular weight is 206 g/mol. The van der Waals surface area contributed by atoms with Crippen LogP contribution in [0.2, 0.25) is 0 Å². The van der Waals surface area contributed by atoms with Crippen molar-refractivity contribution < 1.29 is 0 Å². The van der Waals surface area contributed by atoms with Crippen molar-refractivity contribution in [3.8, 4) is 0 Å². The molecule has 2 aromatic heterocycles. The van der Waals surface area contributed by atoms with E-state index in [-0.39, 0.29) is 11.7 Å². The van der Waals surface area contributed by atoms with E-state index in [1.165, 1.54) is 0 Å². The summed E-state index contributed by atoms with van der Waals surface area (Å²) in [6, 6.07) is 1.87. The second kappa shape index (κ2) is 3.12. The molecule has 0 bridgehead atoms. The highest BCUT2D eigenvalue weighted by Crippen LogP contribution is 2.19. The Morgan fingerprint density at radius 2 is 2.13 bits per heavy atom. The predicted octanol–water partition coefficient (Wildman–Crippen LogP) is 0.898. The molecule has 0 radical (unpaired) electrons. The van der Waals surface area contributed by atoms with Crippen LogP contribution in [-0.4, -0.2) is 14.1 Å². The number of hydrogen-bond donors (Lipinski definition) is 1. The molecule has 0 saturated heterocycles. The van der Waals surface area contributed by atoms with E-state index in [1.807, 2.05) is 13.8 Å². The van der Waals surface area contributed by atoms with Crippen LogP contribution in [0.1, 0.15) is 19.9 Å². The predicted molar refractivity (Wildman–Crippen MR) is 59.8 cm³/mol. The number of nitrogen functional groups attached to an aromatic ring is 1. The van der Waals surface area contributed by atoms with Gasteiger partial charge in [-0.3, -0.25) is 9.13 Å². The first-order chi connectivity index (χ1) is 7.04. The van der Waals surface area contributed by atoms with E-state index in [4.69, 9.17) is 5.73 Å². The monoisotopic (exact) mass is 206 g/mol. The zero-order valence-corrected chi connectivity index (χ0v) is 9.06. The maximum absolute atomic E-state index is 11.9. The highest BCUT2D eigenvalue weighted by atomic mass is 16.1. The number of nitrogens with zero attached hydrogens (tertiary/aromatic N) is 3. The normalized spacial score (nSPS) is 11.5. The van der Waals surface area contributed by atoms with E-state index in [9.17, 15) is 4.79 Å². The van der Waals surface area contributed by atoms with E-state index in [2.05, 4.69) is 4.98 Å². The summed E-state index contributed by atoms with van der Waals surface area (Å²) < 4.78 is 3.26. The van der Waals surface area contributed by atoms with Crippen LogP contribution in [0.5, 0.6) is 0 Å². The zero-order valence-electron chi connectivity index (χ0n) is 9.06. The summed E-state index contributed by atoms with van der Waals surface area (Å²) in [5.41, 5.74) is 7.28. The summed E-state index contributed by atoms with van der Waals surface area (Å²) in [4.78, 5) is 15.9. The average Bonchev–Trinajstić information content (AvgIpc) is 2.43. The van der Waals surface area contributed by atoms with Gasteiger partial charge < -0.3 is 5.73 Å². The Balaban J connectivity index is 3.02. The summed E-state index contributed by atoms with van der Waals surface area (Å²) in [5.74, 6) is 0.402. The molecule has 2 heterocycles. The van der Waals surface area contributed by atoms with E-state index < -0.39 is 0 Å². The number of aromatic nitrogens is 3. The summed E-state index contributed by atoms with van der Waals surface area (Å²) in [5, 5.41) is 0. The highest BCUT2D eigenvalue weighted by molar-refractivity contribution is 5.85.